The van der Waals surface area contributed by atoms with Crippen LogP contribution >= 0.6 is 24.0 Å². The van der Waals surface area contributed by atoms with Crippen LogP contribution in [0.2, 0.25) is 0 Å². The van der Waals surface area contributed by atoms with E-state index in [-0.39, 0.29) is 24.0 Å². The fourth-order valence-electron chi connectivity index (χ4n) is 3.65. The van der Waals surface area contributed by atoms with Gasteiger partial charge in [-0.05, 0) is 42.5 Å². The van der Waals surface area contributed by atoms with E-state index in [1.54, 1.807) is 7.11 Å². The number of likely N-dealkylation sites (tertiary alicyclic amines) is 1. The van der Waals surface area contributed by atoms with E-state index in [4.69, 9.17) is 4.74 Å². The lowest BCUT2D eigenvalue weighted by Gasteiger charge is -2.39. The van der Waals surface area contributed by atoms with Crippen LogP contribution < -0.4 is 10.1 Å². The standard InChI is InChI=1S/C20H29N5O.HI/c1-15-9-17(11-18(10-15)26-4)12-23-20(21-3)24-7-5-16(2)19(13-24)25-8-6-22-14-25;/h6,8-11,14,16,19H,5,7,12-13H2,1-4H3,(H,21,23);1H. The number of hydrogen-bond donors (Lipinski definition) is 1. The smallest absolute Gasteiger partial charge is 0.193 e. The molecule has 0 radical (unpaired) electrons. The molecule has 0 amide bonds. The Balaban J connectivity index is 0.00000261. The van der Waals surface area contributed by atoms with Crippen LogP contribution in [0.5, 0.6) is 5.75 Å². The fourth-order valence-corrected chi connectivity index (χ4v) is 3.65. The number of guanidine groups is 1. The molecule has 0 bridgehead atoms. The molecule has 7 heteroatoms. The average molecular weight is 483 g/mol. The van der Waals surface area contributed by atoms with Gasteiger partial charge in [0.2, 0.25) is 0 Å². The minimum absolute atomic E-state index is 0. The molecule has 1 saturated heterocycles. The van der Waals surface area contributed by atoms with E-state index in [1.807, 2.05) is 25.6 Å². The molecule has 1 N–H and O–H groups in total. The molecule has 6 nitrogen and oxygen atoms in total. The Kier molecular flexibility index (Phi) is 7.94. The van der Waals surface area contributed by atoms with E-state index in [1.165, 1.54) is 11.1 Å². The van der Waals surface area contributed by atoms with Gasteiger partial charge in [-0.3, -0.25) is 4.99 Å². The van der Waals surface area contributed by atoms with Crippen molar-refractivity contribution in [2.24, 2.45) is 10.9 Å². The zero-order valence-corrected chi connectivity index (χ0v) is 18.9. The van der Waals surface area contributed by atoms with Gasteiger partial charge in [0.05, 0.1) is 19.5 Å². The average Bonchev–Trinajstić information content (AvgIpc) is 3.17. The summed E-state index contributed by atoms with van der Waals surface area (Å²) < 4.78 is 7.59. The van der Waals surface area contributed by atoms with E-state index >= 15 is 0 Å². The summed E-state index contributed by atoms with van der Waals surface area (Å²) in [5.74, 6) is 2.46. The Morgan fingerprint density at radius 2 is 2.19 bits per heavy atom. The van der Waals surface area contributed by atoms with E-state index < -0.39 is 0 Å². The van der Waals surface area contributed by atoms with Crippen molar-refractivity contribution in [2.45, 2.75) is 32.9 Å². The highest BCUT2D eigenvalue weighted by Gasteiger charge is 2.28. The topological polar surface area (TPSA) is 54.7 Å². The van der Waals surface area contributed by atoms with Crippen LogP contribution in [0.3, 0.4) is 0 Å². The summed E-state index contributed by atoms with van der Waals surface area (Å²) in [5.41, 5.74) is 2.39. The molecule has 0 saturated carbocycles. The number of benzene rings is 1. The molecule has 1 aromatic heterocycles. The number of nitrogens with one attached hydrogen (secondary N) is 1. The highest BCUT2D eigenvalue weighted by atomic mass is 127. The number of aromatic nitrogens is 2. The first-order valence-corrected chi connectivity index (χ1v) is 9.18. The second-order valence-corrected chi connectivity index (χ2v) is 7.05. The summed E-state index contributed by atoms with van der Waals surface area (Å²) in [4.78, 5) is 11.1. The maximum absolute atomic E-state index is 5.38. The number of aryl methyl sites for hydroxylation is 1. The van der Waals surface area contributed by atoms with Crippen molar-refractivity contribution in [1.82, 2.24) is 19.8 Å². The van der Waals surface area contributed by atoms with Crippen molar-refractivity contribution < 1.29 is 4.74 Å². The number of nitrogens with zero attached hydrogens (tertiary/aromatic N) is 4. The molecule has 27 heavy (non-hydrogen) atoms. The lowest BCUT2D eigenvalue weighted by Crippen LogP contribution is -2.48. The number of methoxy groups -OCH3 is 1. The van der Waals surface area contributed by atoms with Crippen LogP contribution in [-0.4, -0.2) is 47.7 Å². The SMILES string of the molecule is CN=C(NCc1cc(C)cc(OC)c1)N1CCC(C)C(n2ccnc2)C1.I. The van der Waals surface area contributed by atoms with Crippen molar-refractivity contribution in [2.75, 3.05) is 27.2 Å². The molecule has 148 valence electrons. The predicted molar refractivity (Wildman–Crippen MR) is 120 cm³/mol. The monoisotopic (exact) mass is 483 g/mol. The number of aliphatic imine (C=N–C) groups is 1. The first kappa shape index (κ1) is 21.5. The van der Waals surface area contributed by atoms with Crippen molar-refractivity contribution in [3.8, 4) is 5.75 Å². The number of piperidine rings is 1. The Morgan fingerprint density at radius 3 is 2.85 bits per heavy atom. The van der Waals surface area contributed by atoms with Crippen LogP contribution in [0, 0.1) is 12.8 Å². The second-order valence-electron chi connectivity index (χ2n) is 7.05. The lowest BCUT2D eigenvalue weighted by atomic mass is 9.93. The molecule has 2 unspecified atom stereocenters. The summed E-state index contributed by atoms with van der Waals surface area (Å²) in [5, 5.41) is 3.51. The number of hydrogen-bond acceptors (Lipinski definition) is 3. The van der Waals surface area contributed by atoms with E-state index in [2.05, 4.69) is 56.9 Å². The molecule has 1 aliphatic heterocycles. The van der Waals surface area contributed by atoms with Gasteiger partial charge in [-0.1, -0.05) is 13.0 Å². The zero-order valence-electron chi connectivity index (χ0n) is 16.6. The molecule has 0 aliphatic carbocycles. The molecule has 3 rings (SSSR count). The van der Waals surface area contributed by atoms with Gasteiger partial charge in [-0.2, -0.15) is 0 Å². The minimum atomic E-state index is 0. The molecular weight excluding hydrogens is 453 g/mol. The van der Waals surface area contributed by atoms with E-state index in [0.29, 0.717) is 12.0 Å². The van der Waals surface area contributed by atoms with Gasteiger partial charge >= 0.3 is 0 Å². The third-order valence-corrected chi connectivity index (χ3v) is 5.13. The van der Waals surface area contributed by atoms with Gasteiger partial charge in [-0.15, -0.1) is 24.0 Å². The Labute approximate surface area is 179 Å². The summed E-state index contributed by atoms with van der Waals surface area (Å²) in [6.45, 7) is 7.09. The molecule has 2 atom stereocenters. The van der Waals surface area contributed by atoms with Gasteiger partial charge in [0, 0.05) is 39.1 Å². The quantitative estimate of drug-likeness (QED) is 0.411. The second kappa shape index (κ2) is 9.96. The Bertz CT molecular complexity index is 747. The van der Waals surface area contributed by atoms with E-state index in [0.717, 1.165) is 37.8 Å². The van der Waals surface area contributed by atoms with Crippen molar-refractivity contribution in [1.29, 1.82) is 0 Å². The van der Waals surface area contributed by atoms with Gasteiger partial charge in [0.25, 0.3) is 0 Å². The summed E-state index contributed by atoms with van der Waals surface area (Å²) in [6.07, 6.45) is 6.96. The van der Waals surface area contributed by atoms with Crippen molar-refractivity contribution in [3.05, 3.63) is 48.0 Å². The minimum Gasteiger partial charge on any atom is -0.497 e. The molecule has 2 aromatic rings. The summed E-state index contributed by atoms with van der Waals surface area (Å²) in [7, 11) is 3.56. The van der Waals surface area contributed by atoms with Crippen LogP contribution in [0.1, 0.15) is 30.5 Å². The largest absolute Gasteiger partial charge is 0.497 e. The van der Waals surface area contributed by atoms with Crippen LogP contribution in [-0.2, 0) is 6.54 Å². The van der Waals surface area contributed by atoms with Gasteiger partial charge in [0.15, 0.2) is 5.96 Å². The van der Waals surface area contributed by atoms with Gasteiger partial charge < -0.3 is 19.5 Å². The normalized spacial score (nSPS) is 20.1. The number of rotatable bonds is 4. The molecule has 0 spiro atoms. The van der Waals surface area contributed by atoms with Crippen LogP contribution in [0.25, 0.3) is 0 Å². The van der Waals surface area contributed by atoms with Crippen molar-refractivity contribution >= 4 is 29.9 Å². The Morgan fingerprint density at radius 1 is 1.37 bits per heavy atom. The van der Waals surface area contributed by atoms with Crippen LogP contribution in [0.15, 0.2) is 41.9 Å². The van der Waals surface area contributed by atoms with E-state index in [9.17, 15) is 0 Å². The highest BCUT2D eigenvalue weighted by Crippen LogP contribution is 2.27. The van der Waals surface area contributed by atoms with Gasteiger partial charge in [0.1, 0.15) is 5.75 Å². The first-order valence-electron chi connectivity index (χ1n) is 9.18. The summed E-state index contributed by atoms with van der Waals surface area (Å²) in [6, 6.07) is 6.71. The van der Waals surface area contributed by atoms with Gasteiger partial charge in [-0.25, -0.2) is 4.98 Å². The predicted octanol–water partition coefficient (Wildman–Crippen LogP) is 3.48. The zero-order chi connectivity index (χ0) is 18.5. The molecule has 1 aromatic carbocycles. The van der Waals surface area contributed by atoms with Crippen LogP contribution in [0.4, 0.5) is 0 Å². The highest BCUT2D eigenvalue weighted by molar-refractivity contribution is 14.0. The lowest BCUT2D eigenvalue weighted by molar-refractivity contribution is 0.189. The number of ether oxygens (including phenoxy) is 1. The molecular formula is C20H30IN5O. The number of imidazole rings is 1. The number of halogens is 1. The molecule has 2 heterocycles. The first-order chi connectivity index (χ1) is 12.6. The van der Waals surface area contributed by atoms with Crippen molar-refractivity contribution in [3.63, 3.8) is 0 Å². The molecule has 1 fully saturated rings. The Hall–Kier alpha value is -1.77. The third-order valence-electron chi connectivity index (χ3n) is 5.13. The maximum atomic E-state index is 5.38. The fraction of sp³-hybridized carbons (Fsp3) is 0.500. The third kappa shape index (κ3) is 5.37. The molecule has 1 aliphatic rings. The maximum Gasteiger partial charge on any atom is 0.193 e. The summed E-state index contributed by atoms with van der Waals surface area (Å²) >= 11 is 0.